The molecule has 3 aliphatic rings. The summed E-state index contributed by atoms with van der Waals surface area (Å²) in [4.78, 5) is 31.2. The molecule has 3 heterocycles. The molecule has 1 aromatic heterocycles. The van der Waals surface area contributed by atoms with Crippen LogP contribution in [0.15, 0.2) is 47.3 Å². The number of thiazole rings is 1. The van der Waals surface area contributed by atoms with Crippen molar-refractivity contribution in [1.82, 2.24) is 9.47 Å². The highest BCUT2D eigenvalue weighted by Gasteiger charge is 2.42. The summed E-state index contributed by atoms with van der Waals surface area (Å²) in [5, 5.41) is 0. The van der Waals surface area contributed by atoms with E-state index in [-0.39, 0.29) is 11.5 Å². The molecule has 6 rings (SSSR count). The summed E-state index contributed by atoms with van der Waals surface area (Å²) in [6.07, 6.45) is 6.37. The molecule has 6 nitrogen and oxygen atoms in total. The molecule has 0 N–H and O–H groups in total. The van der Waals surface area contributed by atoms with Crippen molar-refractivity contribution in [2.75, 3.05) is 18.6 Å². The highest BCUT2D eigenvalue weighted by molar-refractivity contribution is 8.30. The fourth-order valence-corrected chi connectivity index (χ4v) is 8.74. The number of hydrogen-bond donors (Lipinski definition) is 0. The number of methoxy groups -OCH3 is 1. The maximum absolute atomic E-state index is 13.4. The lowest BCUT2D eigenvalue weighted by Gasteiger charge is -2.27. The largest absolute Gasteiger partial charge is 0.497 e. The first-order valence-corrected chi connectivity index (χ1v) is 15.6. The molecule has 0 spiro atoms. The first kappa shape index (κ1) is 26.3. The second-order valence-electron chi connectivity index (χ2n) is 10.1. The highest BCUT2D eigenvalue weighted by atomic mass is 32.2. The Morgan fingerprint density at radius 1 is 1.10 bits per heavy atom. The molecular formula is C30H31N3O3S3. The van der Waals surface area contributed by atoms with Crippen molar-refractivity contribution in [1.29, 1.82) is 0 Å². The predicted octanol–water partition coefficient (Wildman–Crippen LogP) is 4.93. The molecule has 9 heteroatoms. The standard InChI is InChI=1S/C30H31N3O3S3/c1-4-15-32-28(35)26(39-30(32)37)29-31(5-2)27(34)25(38-29)17-18-9-14-24-22(16-18)21-7-6-8-23(21)33(24)19-10-12-20(36-3)13-11-19/h9-14,16-17,21,23H,4-8,15H2,1-3H3/b25-17+,29-26+. The average molecular weight is 578 g/mol. The monoisotopic (exact) mass is 577 g/mol. The molecule has 0 bridgehead atoms. The summed E-state index contributed by atoms with van der Waals surface area (Å²) in [6, 6.07) is 15.3. The van der Waals surface area contributed by atoms with Crippen LogP contribution < -0.4 is 24.4 Å². The fourth-order valence-electron chi connectivity index (χ4n) is 6.11. The molecule has 2 fully saturated rings. The van der Waals surface area contributed by atoms with E-state index in [0.29, 0.717) is 43.5 Å². The van der Waals surface area contributed by atoms with Crippen LogP contribution in [0, 0.1) is 0 Å². The van der Waals surface area contributed by atoms with Gasteiger partial charge in [0.15, 0.2) is 0 Å². The lowest BCUT2D eigenvalue weighted by Crippen LogP contribution is -2.33. The molecular weight excluding hydrogens is 547 g/mol. The number of amides is 1. The van der Waals surface area contributed by atoms with Gasteiger partial charge in [0.1, 0.15) is 19.6 Å². The summed E-state index contributed by atoms with van der Waals surface area (Å²) in [6.45, 7) is 5.07. The minimum absolute atomic E-state index is 0.0580. The number of nitrogens with zero attached hydrogens (tertiary/aromatic N) is 3. The molecule has 1 saturated heterocycles. The number of carbonyl (C=O) groups is 1. The number of hydrogen-bond acceptors (Lipinski definition) is 7. The third kappa shape index (κ3) is 4.44. The van der Waals surface area contributed by atoms with Crippen molar-refractivity contribution in [3.63, 3.8) is 0 Å². The summed E-state index contributed by atoms with van der Waals surface area (Å²) in [7, 11) is 1.69. The van der Waals surface area contributed by atoms with Gasteiger partial charge in [-0.15, -0.1) is 11.3 Å². The van der Waals surface area contributed by atoms with E-state index in [1.807, 2.05) is 32.1 Å². The number of rotatable bonds is 6. The fraction of sp³-hybridized carbons (Fsp3) is 0.367. The number of benzene rings is 2. The maximum atomic E-state index is 13.4. The molecule has 2 unspecified atom stereocenters. The number of aromatic nitrogens is 1. The number of ether oxygens (including phenoxy) is 1. The number of carbonyl (C=O) groups excluding carboxylic acids is 1. The third-order valence-electron chi connectivity index (χ3n) is 7.88. The lowest BCUT2D eigenvalue weighted by molar-refractivity contribution is -0.120. The van der Waals surface area contributed by atoms with Gasteiger partial charge in [-0.05, 0) is 79.8 Å². The molecule has 2 aromatic carbocycles. The van der Waals surface area contributed by atoms with Gasteiger partial charge in [0.25, 0.3) is 11.5 Å². The first-order valence-electron chi connectivity index (χ1n) is 13.5. The highest BCUT2D eigenvalue weighted by Crippen LogP contribution is 2.52. The van der Waals surface area contributed by atoms with Crippen molar-refractivity contribution >= 4 is 67.9 Å². The van der Waals surface area contributed by atoms with E-state index < -0.39 is 0 Å². The second kappa shape index (κ2) is 10.6. The van der Waals surface area contributed by atoms with Crippen molar-refractivity contribution < 1.29 is 9.53 Å². The van der Waals surface area contributed by atoms with Crippen LogP contribution in [0.1, 0.15) is 56.6 Å². The Labute approximate surface area is 241 Å². The molecule has 2 aliphatic heterocycles. The third-order valence-corrected chi connectivity index (χ3v) is 10.6. The van der Waals surface area contributed by atoms with Crippen LogP contribution >= 0.6 is 35.3 Å². The number of anilines is 2. The Hall–Kier alpha value is -2.88. The van der Waals surface area contributed by atoms with Crippen LogP contribution in [0.25, 0.3) is 11.0 Å². The van der Waals surface area contributed by atoms with E-state index in [0.717, 1.165) is 17.7 Å². The second-order valence-corrected chi connectivity index (χ2v) is 12.8. The lowest BCUT2D eigenvalue weighted by atomic mass is 9.96. The SMILES string of the molecule is CCCN1C(=O)/C(=c2\s/c(=C/c3ccc4c(c3)C3CCCC3N4c3ccc(OC)cc3)c(=O)n2CC)SC1=S. The minimum atomic E-state index is -0.0923. The smallest absolute Gasteiger partial charge is 0.269 e. The van der Waals surface area contributed by atoms with Gasteiger partial charge in [0, 0.05) is 36.4 Å². The molecule has 1 amide bonds. The molecule has 2 atom stereocenters. The van der Waals surface area contributed by atoms with Crippen molar-refractivity contribution in [2.45, 2.75) is 58.0 Å². The van der Waals surface area contributed by atoms with Gasteiger partial charge in [0.2, 0.25) is 0 Å². The van der Waals surface area contributed by atoms with Crippen molar-refractivity contribution in [2.24, 2.45) is 0 Å². The quantitative estimate of drug-likeness (QED) is 0.387. The van der Waals surface area contributed by atoms with Gasteiger partial charge in [0.05, 0.1) is 11.6 Å². The van der Waals surface area contributed by atoms with Crippen LogP contribution in [0.2, 0.25) is 0 Å². The van der Waals surface area contributed by atoms with Crippen molar-refractivity contribution in [3.05, 3.63) is 73.1 Å². The Kier molecular flexibility index (Phi) is 7.16. The molecule has 1 saturated carbocycles. The molecule has 39 heavy (non-hydrogen) atoms. The van der Waals surface area contributed by atoms with Crippen LogP contribution in [-0.4, -0.2) is 39.4 Å². The van der Waals surface area contributed by atoms with Crippen LogP contribution in [0.4, 0.5) is 11.4 Å². The Morgan fingerprint density at radius 3 is 2.62 bits per heavy atom. The zero-order valence-corrected chi connectivity index (χ0v) is 24.8. The van der Waals surface area contributed by atoms with Gasteiger partial charge in [-0.25, -0.2) is 0 Å². The maximum Gasteiger partial charge on any atom is 0.269 e. The molecule has 3 aromatic rings. The van der Waals surface area contributed by atoms with Crippen LogP contribution in [0.3, 0.4) is 0 Å². The number of thioether (sulfide) groups is 1. The number of fused-ring (bicyclic) bond motifs is 3. The predicted molar refractivity (Wildman–Crippen MR) is 165 cm³/mol. The van der Waals surface area contributed by atoms with E-state index in [1.54, 1.807) is 16.6 Å². The topological polar surface area (TPSA) is 54.8 Å². The zero-order chi connectivity index (χ0) is 27.3. The Morgan fingerprint density at radius 2 is 1.90 bits per heavy atom. The molecule has 0 radical (unpaired) electrons. The summed E-state index contributed by atoms with van der Waals surface area (Å²) >= 11 is 8.17. The van der Waals surface area contributed by atoms with E-state index in [2.05, 4.69) is 35.2 Å². The van der Waals surface area contributed by atoms with Gasteiger partial charge < -0.3 is 9.64 Å². The first-order chi connectivity index (χ1) is 18.9. The van der Waals surface area contributed by atoms with Crippen LogP contribution in [0.5, 0.6) is 5.75 Å². The van der Waals surface area contributed by atoms with E-state index in [9.17, 15) is 9.59 Å². The van der Waals surface area contributed by atoms with E-state index >= 15 is 0 Å². The molecule has 202 valence electrons. The van der Waals surface area contributed by atoms with E-state index in [4.69, 9.17) is 17.0 Å². The Bertz CT molecular complexity index is 1640. The summed E-state index contributed by atoms with van der Waals surface area (Å²) in [5.74, 6) is 1.25. The number of thiocarbonyl (C=S) groups is 1. The van der Waals surface area contributed by atoms with E-state index in [1.165, 1.54) is 59.3 Å². The van der Waals surface area contributed by atoms with Crippen molar-refractivity contribution in [3.8, 4) is 5.75 Å². The van der Waals surface area contributed by atoms with Gasteiger partial charge in [-0.3, -0.25) is 19.1 Å². The van der Waals surface area contributed by atoms with Gasteiger partial charge in [-0.2, -0.15) is 0 Å². The van der Waals surface area contributed by atoms with Gasteiger partial charge >= 0.3 is 0 Å². The van der Waals surface area contributed by atoms with Gasteiger partial charge in [-0.1, -0.05) is 43.4 Å². The summed E-state index contributed by atoms with van der Waals surface area (Å²) < 4.78 is 8.98. The molecule has 1 aliphatic carbocycles. The average Bonchev–Trinajstić information content (AvgIpc) is 3.68. The summed E-state index contributed by atoms with van der Waals surface area (Å²) in [5.41, 5.74) is 4.74. The normalized spacial score (nSPS) is 22.2. The minimum Gasteiger partial charge on any atom is -0.497 e. The Balaban J connectivity index is 1.42. The zero-order valence-electron chi connectivity index (χ0n) is 22.3. The van der Waals surface area contributed by atoms with Crippen LogP contribution in [-0.2, 0) is 11.3 Å².